The molecular formula is C22H38. The fourth-order valence-corrected chi connectivity index (χ4v) is 3.14. The van der Waals surface area contributed by atoms with Crippen LogP contribution in [-0.2, 0) is 6.42 Å². The maximum Gasteiger partial charge on any atom is -0.0276 e. The molecule has 0 radical (unpaired) electrons. The van der Waals surface area contributed by atoms with Gasteiger partial charge in [0.2, 0.25) is 0 Å². The minimum atomic E-state index is 0.815. The quantitative estimate of drug-likeness (QED) is 0.518. The third-order valence-electron chi connectivity index (χ3n) is 4.73. The van der Waals surface area contributed by atoms with Crippen LogP contribution in [0.4, 0.5) is 0 Å². The predicted octanol–water partition coefficient (Wildman–Crippen LogP) is 7.28. The summed E-state index contributed by atoms with van der Waals surface area (Å²) < 4.78 is 0. The highest BCUT2D eigenvalue weighted by Gasteiger charge is 2.12. The van der Waals surface area contributed by atoms with Crippen LogP contribution < -0.4 is 0 Å². The highest BCUT2D eigenvalue weighted by molar-refractivity contribution is 5.14. The molecule has 0 spiro atoms. The molecule has 1 aliphatic carbocycles. The monoisotopic (exact) mass is 302 g/mol. The van der Waals surface area contributed by atoms with Crippen molar-refractivity contribution in [3.8, 4) is 0 Å². The summed E-state index contributed by atoms with van der Waals surface area (Å²) >= 11 is 0. The van der Waals surface area contributed by atoms with E-state index in [1.165, 1.54) is 63.4 Å². The van der Waals surface area contributed by atoms with Crippen molar-refractivity contribution < 1.29 is 0 Å². The molecule has 0 saturated heterocycles. The number of benzene rings is 1. The highest BCUT2D eigenvalue weighted by atomic mass is 14.2. The summed E-state index contributed by atoms with van der Waals surface area (Å²) in [5.41, 5.74) is 1.46. The smallest absolute Gasteiger partial charge is 0.0276 e. The van der Waals surface area contributed by atoms with Gasteiger partial charge in [-0.15, -0.1) is 0 Å². The van der Waals surface area contributed by atoms with Gasteiger partial charge in [-0.1, -0.05) is 103 Å². The first-order chi connectivity index (χ1) is 10.6. The molecule has 2 rings (SSSR count). The van der Waals surface area contributed by atoms with Crippen LogP contribution in [0, 0.1) is 17.8 Å². The molecule has 1 aliphatic rings. The van der Waals surface area contributed by atoms with Gasteiger partial charge in [0.1, 0.15) is 0 Å². The standard InChI is InChI=1S/C11H22.C11H16/c2*1-10(2)8-9-11-6-4-3-5-7-11/h10-11H,3-9H2,1-2H3;3-7,10H,8-9H2,1-2H3. The Kier molecular flexibility index (Phi) is 10.3. The van der Waals surface area contributed by atoms with Gasteiger partial charge in [-0.3, -0.25) is 0 Å². The molecule has 0 amide bonds. The van der Waals surface area contributed by atoms with E-state index in [1.807, 2.05) is 0 Å². The molecule has 0 heteroatoms. The lowest BCUT2D eigenvalue weighted by atomic mass is 9.85. The average molecular weight is 303 g/mol. The Hall–Kier alpha value is -0.780. The average Bonchev–Trinajstić information content (AvgIpc) is 2.53. The van der Waals surface area contributed by atoms with Gasteiger partial charge >= 0.3 is 0 Å². The number of hydrogen-bond acceptors (Lipinski definition) is 0. The van der Waals surface area contributed by atoms with Crippen molar-refractivity contribution in [3.05, 3.63) is 35.9 Å². The first-order valence-electron chi connectivity index (χ1n) is 9.61. The third-order valence-corrected chi connectivity index (χ3v) is 4.73. The number of hydrogen-bond donors (Lipinski definition) is 0. The van der Waals surface area contributed by atoms with Crippen LogP contribution in [0.5, 0.6) is 0 Å². The summed E-state index contributed by atoms with van der Waals surface area (Å²) in [7, 11) is 0. The van der Waals surface area contributed by atoms with E-state index >= 15 is 0 Å². The summed E-state index contributed by atoms with van der Waals surface area (Å²) in [5, 5.41) is 0. The normalized spacial score (nSPS) is 15.7. The summed E-state index contributed by atoms with van der Waals surface area (Å²) in [6.07, 6.45) is 13.0. The molecule has 1 aromatic rings. The third kappa shape index (κ3) is 10.0. The molecule has 0 unspecified atom stereocenters. The molecule has 0 nitrogen and oxygen atoms in total. The Balaban J connectivity index is 0.000000220. The van der Waals surface area contributed by atoms with Crippen molar-refractivity contribution in [1.29, 1.82) is 0 Å². The molecule has 0 atom stereocenters. The van der Waals surface area contributed by atoms with E-state index in [1.54, 1.807) is 0 Å². The first-order valence-corrected chi connectivity index (χ1v) is 9.61. The Morgan fingerprint density at radius 1 is 0.818 bits per heavy atom. The van der Waals surface area contributed by atoms with Crippen molar-refractivity contribution in [2.75, 3.05) is 0 Å². The van der Waals surface area contributed by atoms with Crippen molar-refractivity contribution in [2.45, 2.75) is 85.5 Å². The number of aryl methyl sites for hydroxylation is 1. The minimum Gasteiger partial charge on any atom is -0.0628 e. The van der Waals surface area contributed by atoms with Crippen LogP contribution in [0.3, 0.4) is 0 Å². The van der Waals surface area contributed by atoms with E-state index < -0.39 is 0 Å². The lowest BCUT2D eigenvalue weighted by Gasteiger charge is -2.21. The Morgan fingerprint density at radius 3 is 1.95 bits per heavy atom. The second kappa shape index (κ2) is 11.7. The molecule has 0 bridgehead atoms. The Morgan fingerprint density at radius 2 is 1.41 bits per heavy atom. The molecule has 126 valence electrons. The van der Waals surface area contributed by atoms with Crippen LogP contribution in [0.15, 0.2) is 30.3 Å². The van der Waals surface area contributed by atoms with E-state index in [2.05, 4.69) is 58.0 Å². The second-order valence-electron chi connectivity index (χ2n) is 7.89. The lowest BCUT2D eigenvalue weighted by Crippen LogP contribution is -2.06. The summed E-state index contributed by atoms with van der Waals surface area (Å²) in [6.45, 7) is 9.21. The zero-order chi connectivity index (χ0) is 16.2. The molecule has 1 fully saturated rings. The van der Waals surface area contributed by atoms with Crippen molar-refractivity contribution in [2.24, 2.45) is 17.8 Å². The Bertz CT molecular complexity index is 344. The van der Waals surface area contributed by atoms with Crippen LogP contribution in [0.25, 0.3) is 0 Å². The second-order valence-corrected chi connectivity index (χ2v) is 7.89. The largest absolute Gasteiger partial charge is 0.0628 e. The zero-order valence-corrected chi connectivity index (χ0v) is 15.5. The molecular weight excluding hydrogens is 264 g/mol. The Labute approximate surface area is 139 Å². The van der Waals surface area contributed by atoms with Gasteiger partial charge in [0.05, 0.1) is 0 Å². The number of rotatable bonds is 6. The molecule has 0 aliphatic heterocycles. The van der Waals surface area contributed by atoms with Gasteiger partial charge in [0.25, 0.3) is 0 Å². The maximum absolute atomic E-state index is 2.34. The van der Waals surface area contributed by atoms with E-state index in [0.29, 0.717) is 0 Å². The fraction of sp³-hybridized carbons (Fsp3) is 0.727. The van der Waals surface area contributed by atoms with Crippen molar-refractivity contribution in [3.63, 3.8) is 0 Å². The lowest BCUT2D eigenvalue weighted by molar-refractivity contribution is 0.317. The highest BCUT2D eigenvalue weighted by Crippen LogP contribution is 2.28. The van der Waals surface area contributed by atoms with Crippen LogP contribution in [0.2, 0.25) is 0 Å². The zero-order valence-electron chi connectivity index (χ0n) is 15.5. The van der Waals surface area contributed by atoms with Gasteiger partial charge in [-0.05, 0) is 36.2 Å². The van der Waals surface area contributed by atoms with Gasteiger partial charge in [-0.2, -0.15) is 0 Å². The van der Waals surface area contributed by atoms with Crippen LogP contribution >= 0.6 is 0 Å². The molecule has 1 aromatic carbocycles. The van der Waals surface area contributed by atoms with E-state index in [0.717, 1.165) is 17.8 Å². The van der Waals surface area contributed by atoms with Crippen molar-refractivity contribution in [1.82, 2.24) is 0 Å². The van der Waals surface area contributed by atoms with Gasteiger partial charge in [0.15, 0.2) is 0 Å². The molecule has 0 heterocycles. The van der Waals surface area contributed by atoms with Gasteiger partial charge < -0.3 is 0 Å². The molecule has 0 N–H and O–H groups in total. The van der Waals surface area contributed by atoms with E-state index in [-0.39, 0.29) is 0 Å². The van der Waals surface area contributed by atoms with Crippen molar-refractivity contribution >= 4 is 0 Å². The summed E-state index contributed by atoms with van der Waals surface area (Å²) in [6, 6.07) is 10.7. The maximum atomic E-state index is 2.34. The predicted molar refractivity (Wildman–Crippen MR) is 100 cm³/mol. The molecule has 1 saturated carbocycles. The van der Waals surface area contributed by atoms with Gasteiger partial charge in [0, 0.05) is 0 Å². The van der Waals surface area contributed by atoms with E-state index in [4.69, 9.17) is 0 Å². The molecule has 0 aromatic heterocycles. The molecule has 22 heavy (non-hydrogen) atoms. The SMILES string of the molecule is CC(C)CCC1CCCCC1.CC(C)CCc1ccccc1. The van der Waals surface area contributed by atoms with Crippen LogP contribution in [-0.4, -0.2) is 0 Å². The summed E-state index contributed by atoms with van der Waals surface area (Å²) in [4.78, 5) is 0. The topological polar surface area (TPSA) is 0 Å². The first kappa shape index (κ1) is 19.3. The minimum absolute atomic E-state index is 0.815. The fourth-order valence-electron chi connectivity index (χ4n) is 3.14. The summed E-state index contributed by atoms with van der Waals surface area (Å²) in [5.74, 6) is 2.82. The van der Waals surface area contributed by atoms with Crippen LogP contribution in [0.1, 0.15) is 84.6 Å². The van der Waals surface area contributed by atoms with Gasteiger partial charge in [-0.25, -0.2) is 0 Å². The van der Waals surface area contributed by atoms with E-state index in [9.17, 15) is 0 Å².